The van der Waals surface area contributed by atoms with Gasteiger partial charge in [-0.05, 0) is 55.3 Å². The highest BCUT2D eigenvalue weighted by Gasteiger charge is 2.32. The third-order valence-electron chi connectivity index (χ3n) is 6.18. The Hall–Kier alpha value is -4.01. The molecule has 0 fully saturated rings. The van der Waals surface area contributed by atoms with Crippen LogP contribution in [0.3, 0.4) is 0 Å². The maximum absolute atomic E-state index is 12.5. The maximum Gasteiger partial charge on any atom is 0.222 e. The van der Waals surface area contributed by atoms with Gasteiger partial charge in [0.2, 0.25) is 5.91 Å². The summed E-state index contributed by atoms with van der Waals surface area (Å²) in [5, 5.41) is 20.8. The molecular formula is C29H31ClN6O2. The Morgan fingerprint density at radius 2 is 1.79 bits per heavy atom. The number of hydrogen-bond donors (Lipinski definition) is 4. The average Bonchev–Trinajstić information content (AvgIpc) is 3.02. The van der Waals surface area contributed by atoms with Crippen LogP contribution in [0.1, 0.15) is 42.5 Å². The molecule has 0 aliphatic carbocycles. The standard InChI is InChI=1S/C29H31ClN6O2/c1-3-34-27(37)15-25-29(33)36(18(2)32)26-13-12-23(38-17-20-6-4-19(16-31)5-7-20)14-24(26)28(35-25)21-8-10-22(30)11-9-21/h4-14,25,32-33H,3,15-17,31H2,1-2H3,(H,34,37)/t25-/m0/s1. The van der Waals surface area contributed by atoms with Crippen molar-refractivity contribution >= 4 is 40.6 Å². The first kappa shape index (κ1) is 27.0. The Balaban J connectivity index is 1.78. The molecule has 0 saturated carbocycles. The number of benzene rings is 3. The van der Waals surface area contributed by atoms with Crippen LogP contribution in [0, 0.1) is 10.8 Å². The molecule has 1 amide bonds. The van der Waals surface area contributed by atoms with Crippen LogP contribution in [0.15, 0.2) is 71.7 Å². The fourth-order valence-corrected chi connectivity index (χ4v) is 4.41. The number of nitrogens with zero attached hydrogens (tertiary/aromatic N) is 2. The van der Waals surface area contributed by atoms with Crippen molar-refractivity contribution in [3.8, 4) is 5.75 Å². The van der Waals surface area contributed by atoms with E-state index in [9.17, 15) is 4.79 Å². The summed E-state index contributed by atoms with van der Waals surface area (Å²) < 4.78 is 6.12. The topological polar surface area (TPSA) is 128 Å². The molecule has 5 N–H and O–H groups in total. The molecule has 0 spiro atoms. The van der Waals surface area contributed by atoms with Gasteiger partial charge in [-0.2, -0.15) is 0 Å². The quantitative estimate of drug-likeness (QED) is 0.244. The normalized spacial score (nSPS) is 14.8. The Morgan fingerprint density at radius 1 is 1.11 bits per heavy atom. The zero-order valence-corrected chi connectivity index (χ0v) is 22.2. The highest BCUT2D eigenvalue weighted by molar-refractivity contribution is 6.31. The van der Waals surface area contributed by atoms with E-state index in [0.29, 0.717) is 47.4 Å². The highest BCUT2D eigenvalue weighted by Crippen LogP contribution is 2.33. The van der Waals surface area contributed by atoms with Crippen LogP contribution in [0.2, 0.25) is 5.02 Å². The zero-order valence-electron chi connectivity index (χ0n) is 21.4. The number of nitrogens with one attached hydrogen (secondary N) is 3. The van der Waals surface area contributed by atoms with E-state index in [1.165, 1.54) is 4.90 Å². The molecule has 0 radical (unpaired) electrons. The molecule has 3 aromatic rings. The third kappa shape index (κ3) is 6.10. The largest absolute Gasteiger partial charge is 0.489 e. The van der Waals surface area contributed by atoms with Crippen LogP contribution in [-0.4, -0.2) is 35.9 Å². The van der Waals surface area contributed by atoms with Crippen molar-refractivity contribution in [2.75, 3.05) is 11.4 Å². The minimum Gasteiger partial charge on any atom is -0.489 e. The van der Waals surface area contributed by atoms with E-state index in [2.05, 4.69) is 5.32 Å². The van der Waals surface area contributed by atoms with Crippen LogP contribution in [0.4, 0.5) is 5.69 Å². The number of fused-ring (bicyclic) bond motifs is 1. The summed E-state index contributed by atoms with van der Waals surface area (Å²) in [4.78, 5) is 19.0. The van der Waals surface area contributed by atoms with Crippen LogP contribution >= 0.6 is 11.6 Å². The van der Waals surface area contributed by atoms with E-state index in [1.807, 2.05) is 61.5 Å². The predicted octanol–water partition coefficient (Wildman–Crippen LogP) is 4.90. The SMILES string of the molecule is CCNC(=O)C[C@@H]1N=C(c2ccc(Cl)cc2)c2cc(OCc3ccc(CN)cc3)ccc2N(C(C)=N)C1=N. The van der Waals surface area contributed by atoms with Gasteiger partial charge in [0.15, 0.2) is 0 Å². The maximum atomic E-state index is 12.5. The Morgan fingerprint density at radius 3 is 2.42 bits per heavy atom. The minimum atomic E-state index is -0.787. The number of ether oxygens (including phenoxy) is 1. The van der Waals surface area contributed by atoms with Crippen LogP contribution in [0.25, 0.3) is 0 Å². The molecule has 3 aromatic carbocycles. The second-order valence-electron chi connectivity index (χ2n) is 8.95. The molecule has 8 nitrogen and oxygen atoms in total. The lowest BCUT2D eigenvalue weighted by atomic mass is 9.99. The molecule has 4 rings (SSSR count). The predicted molar refractivity (Wildman–Crippen MR) is 153 cm³/mol. The van der Waals surface area contributed by atoms with Gasteiger partial charge in [-0.3, -0.25) is 25.5 Å². The number of halogens is 1. The van der Waals surface area contributed by atoms with Crippen molar-refractivity contribution in [2.45, 2.75) is 39.5 Å². The van der Waals surface area contributed by atoms with Gasteiger partial charge in [-0.1, -0.05) is 48.0 Å². The highest BCUT2D eigenvalue weighted by atomic mass is 35.5. The lowest BCUT2D eigenvalue weighted by Crippen LogP contribution is -2.42. The van der Waals surface area contributed by atoms with Gasteiger partial charge in [0.1, 0.15) is 30.1 Å². The number of benzodiazepines with no additional fused rings is 1. The van der Waals surface area contributed by atoms with Gasteiger partial charge in [0, 0.05) is 29.2 Å². The molecule has 0 aromatic heterocycles. The summed E-state index contributed by atoms with van der Waals surface area (Å²) in [5.74, 6) is 0.616. The van der Waals surface area contributed by atoms with Crippen molar-refractivity contribution in [2.24, 2.45) is 10.7 Å². The first-order valence-corrected chi connectivity index (χ1v) is 12.8. The molecule has 196 valence electrons. The van der Waals surface area contributed by atoms with Crippen LogP contribution < -0.4 is 20.7 Å². The molecule has 38 heavy (non-hydrogen) atoms. The van der Waals surface area contributed by atoms with E-state index in [1.54, 1.807) is 19.1 Å². The molecule has 0 unspecified atom stereocenters. The van der Waals surface area contributed by atoms with Gasteiger partial charge in [0.25, 0.3) is 0 Å². The summed E-state index contributed by atoms with van der Waals surface area (Å²) >= 11 is 6.16. The lowest BCUT2D eigenvalue weighted by molar-refractivity contribution is -0.121. The van der Waals surface area contributed by atoms with Gasteiger partial charge in [0.05, 0.1) is 17.8 Å². The summed E-state index contributed by atoms with van der Waals surface area (Å²) in [6.07, 6.45) is -0.0102. The van der Waals surface area contributed by atoms with E-state index >= 15 is 0 Å². The molecule has 0 saturated heterocycles. The number of amides is 1. The Bertz CT molecular complexity index is 1370. The van der Waals surface area contributed by atoms with Crippen molar-refractivity contribution < 1.29 is 9.53 Å². The third-order valence-corrected chi connectivity index (χ3v) is 6.43. The van der Waals surface area contributed by atoms with E-state index in [0.717, 1.165) is 16.7 Å². The van der Waals surface area contributed by atoms with Crippen molar-refractivity contribution in [1.82, 2.24) is 5.32 Å². The van der Waals surface area contributed by atoms with Gasteiger partial charge >= 0.3 is 0 Å². The average molecular weight is 531 g/mol. The number of amidine groups is 2. The van der Waals surface area contributed by atoms with Crippen molar-refractivity contribution in [1.29, 1.82) is 10.8 Å². The number of carbonyl (C=O) groups excluding carboxylic acids is 1. The Labute approximate surface area is 227 Å². The van der Waals surface area contributed by atoms with Crippen LogP contribution in [0.5, 0.6) is 5.75 Å². The number of aliphatic imine (C=N–C) groups is 1. The van der Waals surface area contributed by atoms with Crippen molar-refractivity contribution in [3.05, 3.63) is 94.0 Å². The second-order valence-corrected chi connectivity index (χ2v) is 9.39. The molecule has 1 heterocycles. The molecular weight excluding hydrogens is 500 g/mol. The second kappa shape index (κ2) is 12.0. The Kier molecular flexibility index (Phi) is 8.55. The molecule has 1 aliphatic heterocycles. The monoisotopic (exact) mass is 530 g/mol. The molecule has 1 atom stereocenters. The molecule has 1 aliphatic rings. The van der Waals surface area contributed by atoms with E-state index < -0.39 is 6.04 Å². The summed E-state index contributed by atoms with van der Waals surface area (Å²) in [6.45, 7) is 4.79. The first-order valence-electron chi connectivity index (χ1n) is 12.4. The van der Waals surface area contributed by atoms with Gasteiger partial charge in [-0.15, -0.1) is 0 Å². The van der Waals surface area contributed by atoms with Gasteiger partial charge < -0.3 is 15.8 Å². The smallest absolute Gasteiger partial charge is 0.222 e. The summed E-state index contributed by atoms with van der Waals surface area (Å²) in [7, 11) is 0. The number of anilines is 1. The molecule has 9 heteroatoms. The lowest BCUT2D eigenvalue weighted by Gasteiger charge is -2.26. The summed E-state index contributed by atoms with van der Waals surface area (Å²) in [6, 6.07) is 19.9. The first-order chi connectivity index (χ1) is 18.3. The summed E-state index contributed by atoms with van der Waals surface area (Å²) in [5.41, 5.74) is 10.4. The van der Waals surface area contributed by atoms with Crippen molar-refractivity contribution in [3.63, 3.8) is 0 Å². The number of carbonyl (C=O) groups is 1. The number of hydrogen-bond acceptors (Lipinski definition) is 6. The number of rotatable bonds is 8. The van der Waals surface area contributed by atoms with E-state index in [-0.39, 0.29) is 24.0 Å². The fraction of sp³-hybridized carbons (Fsp3) is 0.241. The minimum absolute atomic E-state index is 0.0102. The fourth-order valence-electron chi connectivity index (χ4n) is 4.28. The number of nitrogens with two attached hydrogens (primary N) is 1. The molecule has 0 bridgehead atoms. The van der Waals surface area contributed by atoms with Crippen LogP contribution in [-0.2, 0) is 17.9 Å². The van der Waals surface area contributed by atoms with Gasteiger partial charge in [-0.25, -0.2) is 0 Å². The van der Waals surface area contributed by atoms with E-state index in [4.69, 9.17) is 37.9 Å². The zero-order chi connectivity index (χ0) is 27.2.